The third kappa shape index (κ3) is 8.85. The van der Waals surface area contributed by atoms with E-state index >= 15 is 0 Å². The van der Waals surface area contributed by atoms with Crippen molar-refractivity contribution < 1.29 is 34.2 Å². The second-order valence-electron chi connectivity index (χ2n) is 7.98. The maximum absolute atomic E-state index is 12.6. The fourth-order valence-electron chi connectivity index (χ4n) is 3.47. The van der Waals surface area contributed by atoms with Crippen molar-refractivity contribution in [2.45, 2.75) is 44.6 Å². The number of ketones is 1. The lowest BCUT2D eigenvalue weighted by Crippen LogP contribution is -2.43. The molecule has 2 aromatic carbocycles. The van der Waals surface area contributed by atoms with E-state index in [4.69, 9.17) is 15.9 Å². The number of benzene rings is 2. The fourth-order valence-corrected chi connectivity index (χ4v) is 3.47. The van der Waals surface area contributed by atoms with E-state index in [2.05, 4.69) is 5.32 Å². The lowest BCUT2D eigenvalue weighted by atomic mass is 9.93. The number of carbonyl (C=O) groups excluding carboxylic acids is 3. The fraction of sp³-hybridized carbons (Fsp3) is 0.320. The van der Waals surface area contributed by atoms with Gasteiger partial charge in [-0.05, 0) is 29.5 Å². The molecule has 0 aliphatic carbocycles. The number of hydrogen-bond donors (Lipinski definition) is 4. The Morgan fingerprint density at radius 2 is 1.41 bits per heavy atom. The molecule has 0 aliphatic rings. The summed E-state index contributed by atoms with van der Waals surface area (Å²) in [7, 11) is 0. The van der Waals surface area contributed by atoms with Crippen LogP contribution < -0.4 is 11.1 Å². The molecule has 0 aromatic heterocycles. The van der Waals surface area contributed by atoms with Crippen LogP contribution in [0.5, 0.6) is 0 Å². The zero-order valence-electron chi connectivity index (χ0n) is 18.6. The van der Waals surface area contributed by atoms with Crippen molar-refractivity contribution in [3.05, 3.63) is 60.2 Å². The molecule has 0 unspecified atom stereocenters. The van der Waals surface area contributed by atoms with Crippen LogP contribution in [0.4, 0.5) is 0 Å². The highest BCUT2D eigenvalue weighted by Crippen LogP contribution is 2.20. The molecule has 180 valence electrons. The summed E-state index contributed by atoms with van der Waals surface area (Å²) in [6.45, 7) is 0. The maximum atomic E-state index is 12.6. The van der Waals surface area contributed by atoms with Crippen LogP contribution in [-0.2, 0) is 30.4 Å². The van der Waals surface area contributed by atoms with Crippen molar-refractivity contribution in [2.24, 2.45) is 11.7 Å². The number of aryl methyl sites for hydroxylation is 1. The average molecular weight is 469 g/mol. The topological polar surface area (TPSA) is 164 Å². The summed E-state index contributed by atoms with van der Waals surface area (Å²) in [5.74, 6) is -5.71. The highest BCUT2D eigenvalue weighted by atomic mass is 16.4. The van der Waals surface area contributed by atoms with Crippen LogP contribution in [0.15, 0.2) is 54.6 Å². The number of Topliss-reactive ketones (excluding diaryl/α,β-unsaturated/α-hetero) is 1. The number of aliphatic carboxylic acids is 2. The van der Waals surface area contributed by atoms with E-state index in [1.807, 2.05) is 54.6 Å². The molecule has 2 rings (SSSR count). The molecular formula is C25H28N2O7. The van der Waals surface area contributed by atoms with Gasteiger partial charge in [0.25, 0.3) is 0 Å². The van der Waals surface area contributed by atoms with Gasteiger partial charge in [-0.25, -0.2) is 0 Å². The zero-order valence-corrected chi connectivity index (χ0v) is 18.6. The number of carboxylic acids is 2. The van der Waals surface area contributed by atoms with Crippen molar-refractivity contribution in [3.8, 4) is 11.1 Å². The largest absolute Gasteiger partial charge is 0.481 e. The van der Waals surface area contributed by atoms with Gasteiger partial charge < -0.3 is 21.3 Å². The summed E-state index contributed by atoms with van der Waals surface area (Å²) in [4.78, 5) is 58.4. The number of nitrogens with one attached hydrogen (secondary N) is 1. The Morgan fingerprint density at radius 1 is 0.794 bits per heavy atom. The third-order valence-corrected chi connectivity index (χ3v) is 5.34. The summed E-state index contributed by atoms with van der Waals surface area (Å²) >= 11 is 0. The third-order valence-electron chi connectivity index (χ3n) is 5.34. The molecule has 9 heteroatoms. The molecule has 0 radical (unpaired) electrons. The molecular weight excluding hydrogens is 440 g/mol. The Kier molecular flexibility index (Phi) is 9.94. The van der Waals surface area contributed by atoms with Crippen LogP contribution >= 0.6 is 0 Å². The Hall–Kier alpha value is -4.01. The lowest BCUT2D eigenvalue weighted by molar-refractivity contribution is -0.141. The van der Waals surface area contributed by atoms with Crippen LogP contribution in [0, 0.1) is 5.92 Å². The average Bonchev–Trinajstić information content (AvgIpc) is 2.80. The number of hydrogen-bond acceptors (Lipinski definition) is 5. The minimum atomic E-state index is -1.29. The van der Waals surface area contributed by atoms with Crippen molar-refractivity contribution in [1.29, 1.82) is 0 Å². The van der Waals surface area contributed by atoms with Gasteiger partial charge in [-0.15, -0.1) is 0 Å². The van der Waals surface area contributed by atoms with Gasteiger partial charge in [0.05, 0.1) is 18.4 Å². The van der Waals surface area contributed by atoms with Gasteiger partial charge in [-0.1, -0.05) is 54.6 Å². The number of carbonyl (C=O) groups is 5. The molecule has 0 saturated heterocycles. The van der Waals surface area contributed by atoms with Gasteiger partial charge in [0.2, 0.25) is 11.8 Å². The molecule has 34 heavy (non-hydrogen) atoms. The summed E-state index contributed by atoms with van der Waals surface area (Å²) < 4.78 is 0. The van der Waals surface area contributed by atoms with Gasteiger partial charge in [0.15, 0.2) is 5.78 Å². The van der Waals surface area contributed by atoms with E-state index in [9.17, 15) is 24.0 Å². The van der Waals surface area contributed by atoms with Crippen molar-refractivity contribution in [3.63, 3.8) is 0 Å². The lowest BCUT2D eigenvalue weighted by Gasteiger charge is -2.19. The van der Waals surface area contributed by atoms with E-state index in [0.29, 0.717) is 6.42 Å². The predicted octanol–water partition coefficient (Wildman–Crippen LogP) is 2.17. The molecule has 2 amide bonds. The molecule has 0 bridgehead atoms. The summed E-state index contributed by atoms with van der Waals surface area (Å²) in [5.41, 5.74) is 8.21. The smallest absolute Gasteiger partial charge is 0.304 e. The first-order chi connectivity index (χ1) is 16.2. The Labute approximate surface area is 197 Å². The van der Waals surface area contributed by atoms with Gasteiger partial charge in [-0.3, -0.25) is 24.0 Å². The highest BCUT2D eigenvalue weighted by molar-refractivity contribution is 5.93. The molecule has 2 aromatic rings. The first kappa shape index (κ1) is 26.2. The number of carboxylic acid groups (broad SMARTS) is 2. The molecule has 0 fully saturated rings. The Bertz CT molecular complexity index is 1020. The maximum Gasteiger partial charge on any atom is 0.304 e. The molecule has 9 nitrogen and oxygen atoms in total. The van der Waals surface area contributed by atoms with Crippen molar-refractivity contribution in [1.82, 2.24) is 5.32 Å². The minimum Gasteiger partial charge on any atom is -0.481 e. The van der Waals surface area contributed by atoms with E-state index in [-0.39, 0.29) is 19.3 Å². The monoisotopic (exact) mass is 468 g/mol. The van der Waals surface area contributed by atoms with Crippen molar-refractivity contribution in [2.75, 3.05) is 0 Å². The normalized spacial score (nSPS) is 12.4. The Morgan fingerprint density at radius 3 is 1.97 bits per heavy atom. The van der Waals surface area contributed by atoms with Gasteiger partial charge in [0, 0.05) is 19.3 Å². The van der Waals surface area contributed by atoms with Gasteiger partial charge >= 0.3 is 11.9 Å². The second-order valence-corrected chi connectivity index (χ2v) is 7.98. The minimum absolute atomic E-state index is 0.0654. The highest BCUT2D eigenvalue weighted by Gasteiger charge is 2.28. The SMILES string of the molecule is NC(=O)[C@H](CC(=O)O)CC(=O)[C@H](CCC(=O)O)NC(=O)CCc1ccc(-c2ccccc2)cc1. The quantitative estimate of drug-likeness (QED) is 0.330. The molecule has 0 saturated carbocycles. The van der Waals surface area contributed by atoms with E-state index < -0.39 is 54.3 Å². The van der Waals surface area contributed by atoms with Gasteiger partial charge in [0.1, 0.15) is 0 Å². The molecule has 2 atom stereocenters. The second kappa shape index (κ2) is 12.9. The first-order valence-corrected chi connectivity index (χ1v) is 10.8. The van der Waals surface area contributed by atoms with Crippen LogP contribution in [0.2, 0.25) is 0 Å². The van der Waals surface area contributed by atoms with Crippen LogP contribution in [-0.4, -0.2) is 45.8 Å². The predicted molar refractivity (Wildman–Crippen MR) is 124 cm³/mol. The number of amides is 2. The Balaban J connectivity index is 1.97. The number of rotatable bonds is 14. The number of primary amides is 1. The summed E-state index contributed by atoms with van der Waals surface area (Å²) in [6.07, 6.45) is -1.20. The van der Waals surface area contributed by atoms with E-state index in [1.54, 1.807) is 0 Å². The molecule has 0 heterocycles. The van der Waals surface area contributed by atoms with Crippen LogP contribution in [0.25, 0.3) is 11.1 Å². The van der Waals surface area contributed by atoms with Crippen LogP contribution in [0.3, 0.4) is 0 Å². The van der Waals surface area contributed by atoms with E-state index in [0.717, 1.165) is 16.7 Å². The zero-order chi connectivity index (χ0) is 25.1. The van der Waals surface area contributed by atoms with E-state index in [1.165, 1.54) is 0 Å². The van der Waals surface area contributed by atoms with Gasteiger partial charge in [-0.2, -0.15) is 0 Å². The molecule has 5 N–H and O–H groups in total. The molecule has 0 aliphatic heterocycles. The van der Waals surface area contributed by atoms with Crippen molar-refractivity contribution >= 4 is 29.5 Å². The molecule has 0 spiro atoms. The first-order valence-electron chi connectivity index (χ1n) is 10.8. The summed E-state index contributed by atoms with van der Waals surface area (Å²) in [6, 6.07) is 16.4. The summed E-state index contributed by atoms with van der Waals surface area (Å²) in [5, 5.41) is 20.4. The number of nitrogens with two attached hydrogens (primary N) is 1. The van der Waals surface area contributed by atoms with Crippen LogP contribution in [0.1, 0.15) is 37.7 Å². The standard InChI is InChI=1S/C25H28N2O7/c26-25(34)19(15-24(32)33)14-21(28)20(11-13-23(30)31)27-22(29)12-8-16-6-9-18(10-7-16)17-4-2-1-3-5-17/h1-7,9-10,19-20H,8,11-15H2,(H2,26,34)(H,27,29)(H,30,31)(H,32,33)/t19-,20-/m0/s1.